The molecule has 0 aliphatic carbocycles. The van der Waals surface area contributed by atoms with E-state index in [9.17, 15) is 18.0 Å². The molecule has 0 atom stereocenters. The van der Waals surface area contributed by atoms with Crippen LogP contribution in [0.3, 0.4) is 0 Å². The molecule has 1 aliphatic heterocycles. The monoisotopic (exact) mass is 492 g/mol. The number of rotatable bonds is 5. The van der Waals surface area contributed by atoms with Crippen molar-refractivity contribution in [2.24, 2.45) is 0 Å². The number of para-hydroxylation sites is 1. The highest BCUT2D eigenvalue weighted by Crippen LogP contribution is 2.33. The molecule has 0 saturated carbocycles. The van der Waals surface area contributed by atoms with Crippen LogP contribution in [0.15, 0.2) is 71.6 Å². The SMILES string of the molecule is CC(=O)Nc1ccc2nc(NC(=O)c3ccc(S(=O)(=O)N4CCc5ccccc54)cc3)sc2c1. The smallest absolute Gasteiger partial charge is 0.264 e. The van der Waals surface area contributed by atoms with Crippen molar-refractivity contribution >= 4 is 59.9 Å². The van der Waals surface area contributed by atoms with E-state index in [1.54, 1.807) is 24.3 Å². The normalized spacial score (nSPS) is 13.0. The molecule has 0 unspecified atom stereocenters. The van der Waals surface area contributed by atoms with Crippen LogP contribution in [0.1, 0.15) is 22.8 Å². The Balaban J connectivity index is 1.33. The van der Waals surface area contributed by atoms with Crippen LogP contribution in [0.25, 0.3) is 10.2 Å². The zero-order chi connectivity index (χ0) is 23.9. The molecule has 8 nitrogen and oxygen atoms in total. The van der Waals surface area contributed by atoms with Gasteiger partial charge in [0.05, 0.1) is 20.8 Å². The minimum Gasteiger partial charge on any atom is -0.326 e. The van der Waals surface area contributed by atoms with E-state index in [1.807, 2.05) is 18.2 Å². The number of carbonyl (C=O) groups is 2. The van der Waals surface area contributed by atoms with Crippen molar-refractivity contribution in [3.8, 4) is 0 Å². The van der Waals surface area contributed by atoms with E-state index < -0.39 is 15.9 Å². The summed E-state index contributed by atoms with van der Waals surface area (Å²) in [6, 6.07) is 18.6. The minimum atomic E-state index is -3.72. The maximum Gasteiger partial charge on any atom is 0.264 e. The van der Waals surface area contributed by atoms with E-state index in [-0.39, 0.29) is 10.8 Å². The Labute approximate surface area is 200 Å². The number of benzene rings is 3. The number of hydrogen-bond acceptors (Lipinski definition) is 6. The highest BCUT2D eigenvalue weighted by atomic mass is 32.2. The van der Waals surface area contributed by atoms with E-state index in [0.29, 0.717) is 40.6 Å². The molecular weight excluding hydrogens is 472 g/mol. The van der Waals surface area contributed by atoms with E-state index in [0.717, 1.165) is 10.3 Å². The van der Waals surface area contributed by atoms with E-state index >= 15 is 0 Å². The molecule has 0 fully saturated rings. The van der Waals surface area contributed by atoms with Gasteiger partial charge in [0.2, 0.25) is 5.91 Å². The molecule has 1 aromatic heterocycles. The number of aromatic nitrogens is 1. The Morgan fingerprint density at radius 3 is 2.53 bits per heavy atom. The van der Waals surface area contributed by atoms with E-state index in [2.05, 4.69) is 15.6 Å². The standard InChI is InChI=1S/C24H20N4O4S2/c1-15(29)25-18-8-11-20-22(14-18)33-24(26-20)27-23(30)17-6-9-19(10-7-17)34(31,32)28-13-12-16-4-2-3-5-21(16)28/h2-11,14H,12-13H2,1H3,(H,25,29)(H,26,27,30). The quantitative estimate of drug-likeness (QED) is 0.433. The van der Waals surface area contributed by atoms with Gasteiger partial charge < -0.3 is 5.32 Å². The summed E-state index contributed by atoms with van der Waals surface area (Å²) in [6.07, 6.45) is 0.671. The third-order valence-electron chi connectivity index (χ3n) is 5.48. The molecule has 3 aromatic carbocycles. The van der Waals surface area contributed by atoms with Crippen molar-refractivity contribution < 1.29 is 18.0 Å². The number of hydrogen-bond donors (Lipinski definition) is 2. The van der Waals surface area contributed by atoms with Gasteiger partial charge in [-0.2, -0.15) is 0 Å². The predicted molar refractivity (Wildman–Crippen MR) is 133 cm³/mol. The Morgan fingerprint density at radius 1 is 1.00 bits per heavy atom. The number of amides is 2. The Morgan fingerprint density at radius 2 is 1.76 bits per heavy atom. The third-order valence-corrected chi connectivity index (χ3v) is 8.24. The summed E-state index contributed by atoms with van der Waals surface area (Å²) in [5.41, 5.74) is 3.36. The molecule has 4 aromatic rings. The lowest BCUT2D eigenvalue weighted by molar-refractivity contribution is -0.114. The predicted octanol–water partition coefficient (Wildman–Crippen LogP) is 4.26. The molecule has 2 amide bonds. The van der Waals surface area contributed by atoms with Crippen LogP contribution in [0.4, 0.5) is 16.5 Å². The second kappa shape index (κ2) is 8.54. The molecule has 0 radical (unpaired) electrons. The zero-order valence-corrected chi connectivity index (χ0v) is 19.7. The summed E-state index contributed by atoms with van der Waals surface area (Å²) in [5, 5.41) is 5.88. The van der Waals surface area contributed by atoms with Gasteiger partial charge in [0.15, 0.2) is 5.13 Å². The average Bonchev–Trinajstić information content (AvgIpc) is 3.42. The number of anilines is 3. The van der Waals surface area contributed by atoms with Gasteiger partial charge in [-0.1, -0.05) is 29.5 Å². The number of sulfonamides is 1. The van der Waals surface area contributed by atoms with Crippen LogP contribution < -0.4 is 14.9 Å². The van der Waals surface area contributed by atoms with Gasteiger partial charge in [-0.05, 0) is 60.5 Å². The molecule has 10 heteroatoms. The summed E-state index contributed by atoms with van der Waals surface area (Å²) in [4.78, 5) is 28.5. The lowest BCUT2D eigenvalue weighted by atomic mass is 10.2. The molecule has 5 rings (SSSR count). The molecular formula is C24H20N4O4S2. The summed E-state index contributed by atoms with van der Waals surface area (Å²) in [7, 11) is -3.72. The van der Waals surface area contributed by atoms with Crippen LogP contribution >= 0.6 is 11.3 Å². The van der Waals surface area contributed by atoms with E-state index in [1.165, 1.54) is 46.8 Å². The lowest BCUT2D eigenvalue weighted by Crippen LogP contribution is -2.29. The van der Waals surface area contributed by atoms with Crippen molar-refractivity contribution in [3.05, 3.63) is 77.9 Å². The van der Waals surface area contributed by atoms with Crippen LogP contribution in [0.5, 0.6) is 0 Å². The fourth-order valence-corrected chi connectivity index (χ4v) is 6.29. The van der Waals surface area contributed by atoms with Crippen LogP contribution in [0, 0.1) is 0 Å². The summed E-state index contributed by atoms with van der Waals surface area (Å²) < 4.78 is 28.5. The molecule has 34 heavy (non-hydrogen) atoms. The Bertz CT molecular complexity index is 1530. The highest BCUT2D eigenvalue weighted by molar-refractivity contribution is 7.92. The maximum atomic E-state index is 13.2. The van der Waals surface area contributed by atoms with Crippen molar-refractivity contribution in [2.75, 3.05) is 21.5 Å². The first kappa shape index (κ1) is 22.1. The molecule has 1 aliphatic rings. The molecule has 2 heterocycles. The zero-order valence-electron chi connectivity index (χ0n) is 18.1. The number of carbonyl (C=O) groups excluding carboxylic acids is 2. The maximum absolute atomic E-state index is 13.2. The van der Waals surface area contributed by atoms with Gasteiger partial charge in [0, 0.05) is 24.7 Å². The van der Waals surface area contributed by atoms with Gasteiger partial charge in [-0.25, -0.2) is 13.4 Å². The number of fused-ring (bicyclic) bond motifs is 2. The Kier molecular flexibility index (Phi) is 5.54. The van der Waals surface area contributed by atoms with Crippen LogP contribution in [-0.2, 0) is 21.2 Å². The van der Waals surface area contributed by atoms with Crippen LogP contribution in [-0.4, -0.2) is 31.8 Å². The summed E-state index contributed by atoms with van der Waals surface area (Å²) in [6.45, 7) is 1.83. The fourth-order valence-electron chi connectivity index (χ4n) is 3.89. The van der Waals surface area contributed by atoms with Gasteiger partial charge in [-0.15, -0.1) is 0 Å². The number of thiazole rings is 1. The first-order chi connectivity index (χ1) is 16.3. The summed E-state index contributed by atoms with van der Waals surface area (Å²) >= 11 is 1.28. The van der Waals surface area contributed by atoms with Crippen molar-refractivity contribution in [1.29, 1.82) is 0 Å². The molecule has 0 spiro atoms. The van der Waals surface area contributed by atoms with Gasteiger partial charge in [0.1, 0.15) is 0 Å². The second-order valence-corrected chi connectivity index (χ2v) is 10.7. The van der Waals surface area contributed by atoms with Gasteiger partial charge >= 0.3 is 0 Å². The van der Waals surface area contributed by atoms with Crippen molar-refractivity contribution in [3.63, 3.8) is 0 Å². The first-order valence-corrected chi connectivity index (χ1v) is 12.8. The van der Waals surface area contributed by atoms with Gasteiger partial charge in [0.25, 0.3) is 15.9 Å². The molecule has 0 bridgehead atoms. The van der Waals surface area contributed by atoms with Crippen molar-refractivity contribution in [2.45, 2.75) is 18.2 Å². The second-order valence-electron chi connectivity index (χ2n) is 7.82. The topological polar surface area (TPSA) is 108 Å². The Hall–Kier alpha value is -3.76. The van der Waals surface area contributed by atoms with Gasteiger partial charge in [-0.3, -0.25) is 19.2 Å². The number of nitrogens with zero attached hydrogens (tertiary/aromatic N) is 2. The lowest BCUT2D eigenvalue weighted by Gasteiger charge is -2.19. The largest absolute Gasteiger partial charge is 0.326 e. The highest BCUT2D eigenvalue weighted by Gasteiger charge is 2.30. The minimum absolute atomic E-state index is 0.131. The first-order valence-electron chi connectivity index (χ1n) is 10.5. The average molecular weight is 493 g/mol. The molecule has 0 saturated heterocycles. The van der Waals surface area contributed by atoms with E-state index in [4.69, 9.17) is 0 Å². The van der Waals surface area contributed by atoms with Crippen molar-refractivity contribution in [1.82, 2.24) is 4.98 Å². The molecule has 172 valence electrons. The third kappa shape index (κ3) is 4.13. The fraction of sp³-hybridized carbons (Fsp3) is 0.125. The van der Waals surface area contributed by atoms with Crippen LogP contribution in [0.2, 0.25) is 0 Å². The number of nitrogens with one attached hydrogen (secondary N) is 2. The summed E-state index contributed by atoms with van der Waals surface area (Å²) in [5.74, 6) is -0.562. The molecule has 2 N–H and O–H groups in total.